The summed E-state index contributed by atoms with van der Waals surface area (Å²) in [6.45, 7) is 0. The number of carboxylic acids is 1. The molecule has 6 heteroatoms. The predicted molar refractivity (Wildman–Crippen MR) is 60.9 cm³/mol. The zero-order valence-electron chi connectivity index (χ0n) is 8.18. The summed E-state index contributed by atoms with van der Waals surface area (Å²) in [5.41, 5.74) is 0. The molecule has 0 aromatic heterocycles. The topological polar surface area (TPSA) is 71.4 Å². The smallest absolute Gasteiger partial charge is 0.325 e. The Morgan fingerprint density at radius 2 is 1.88 bits per heavy atom. The molecule has 86 valence electrons. The molecule has 0 spiro atoms. The average molecular weight is 305 g/mol. The van der Waals surface area contributed by atoms with Crippen LogP contribution in [0.1, 0.15) is 12.8 Å². The Morgan fingerprint density at radius 3 is 2.31 bits per heavy atom. The quantitative estimate of drug-likeness (QED) is 0.925. The number of hydrogen-bond donors (Lipinski definition) is 1. The maximum atomic E-state index is 12.2. The van der Waals surface area contributed by atoms with E-state index in [4.69, 9.17) is 5.11 Å². The fraction of sp³-hybridized carbons (Fsp3) is 0.300. The van der Waals surface area contributed by atoms with Crippen LogP contribution in [0.15, 0.2) is 33.6 Å². The molecule has 4 nitrogen and oxygen atoms in total. The third-order valence-electron chi connectivity index (χ3n) is 2.73. The number of benzene rings is 1. The second-order valence-corrected chi connectivity index (χ2v) is 6.82. The van der Waals surface area contributed by atoms with Crippen LogP contribution in [0, 0.1) is 0 Å². The minimum atomic E-state index is -3.80. The largest absolute Gasteiger partial charge is 0.480 e. The average Bonchev–Trinajstić information content (AvgIpc) is 2.98. The zero-order chi connectivity index (χ0) is 12.0. The predicted octanol–water partition coefficient (Wildman–Crippen LogP) is 1.84. The van der Waals surface area contributed by atoms with Crippen molar-refractivity contribution in [2.24, 2.45) is 0 Å². The van der Waals surface area contributed by atoms with E-state index in [1.165, 1.54) is 6.07 Å². The molecule has 1 aliphatic carbocycles. The summed E-state index contributed by atoms with van der Waals surface area (Å²) in [6, 6.07) is 6.27. The second kappa shape index (κ2) is 3.56. The molecule has 2 rings (SSSR count). The van der Waals surface area contributed by atoms with E-state index in [1.54, 1.807) is 18.2 Å². The van der Waals surface area contributed by atoms with Crippen LogP contribution >= 0.6 is 15.9 Å². The molecule has 1 fully saturated rings. The van der Waals surface area contributed by atoms with E-state index in [0.29, 0.717) is 4.47 Å². The number of carboxylic acid groups (broad SMARTS) is 1. The van der Waals surface area contributed by atoms with Gasteiger partial charge in [-0.1, -0.05) is 12.1 Å². The van der Waals surface area contributed by atoms with Crippen LogP contribution in [0.3, 0.4) is 0 Å². The summed E-state index contributed by atoms with van der Waals surface area (Å²) in [6.07, 6.45) is 0.373. The molecular weight excluding hydrogens is 296 g/mol. The van der Waals surface area contributed by atoms with Gasteiger partial charge in [0.25, 0.3) is 0 Å². The van der Waals surface area contributed by atoms with Crippen molar-refractivity contribution in [1.29, 1.82) is 0 Å². The first-order valence-electron chi connectivity index (χ1n) is 4.64. The van der Waals surface area contributed by atoms with Gasteiger partial charge in [0.05, 0.1) is 4.90 Å². The molecule has 1 aliphatic rings. The molecule has 16 heavy (non-hydrogen) atoms. The fourth-order valence-corrected chi connectivity index (χ4v) is 4.38. The van der Waals surface area contributed by atoms with Crippen LogP contribution in [-0.4, -0.2) is 24.2 Å². The molecule has 0 amide bonds. The molecular formula is C10H9BrO4S. The highest BCUT2D eigenvalue weighted by Gasteiger charge is 2.62. The molecule has 0 saturated heterocycles. The normalized spacial score (nSPS) is 18.1. The molecule has 0 atom stereocenters. The van der Waals surface area contributed by atoms with Gasteiger partial charge < -0.3 is 5.11 Å². The molecule has 0 unspecified atom stereocenters. The summed E-state index contributed by atoms with van der Waals surface area (Å²) in [4.78, 5) is 11.1. The van der Waals surface area contributed by atoms with Gasteiger partial charge in [-0.05, 0) is 40.9 Å². The number of rotatable bonds is 3. The van der Waals surface area contributed by atoms with Gasteiger partial charge in [0, 0.05) is 4.47 Å². The highest BCUT2D eigenvalue weighted by Crippen LogP contribution is 2.48. The number of halogens is 1. The molecule has 0 aliphatic heterocycles. The van der Waals surface area contributed by atoms with Crippen LogP contribution in [0.2, 0.25) is 0 Å². The highest BCUT2D eigenvalue weighted by atomic mass is 79.9. The van der Waals surface area contributed by atoms with Gasteiger partial charge in [0.1, 0.15) is 0 Å². The first-order chi connectivity index (χ1) is 7.42. The lowest BCUT2D eigenvalue weighted by atomic mass is 10.4. The lowest BCUT2D eigenvalue weighted by Gasteiger charge is -2.12. The minimum absolute atomic E-state index is 0.0508. The Labute approximate surface area is 101 Å². The Kier molecular flexibility index (Phi) is 2.58. The summed E-state index contributed by atoms with van der Waals surface area (Å²) >= 11 is 3.13. The van der Waals surface area contributed by atoms with E-state index in [1.807, 2.05) is 0 Å². The van der Waals surface area contributed by atoms with Crippen LogP contribution < -0.4 is 0 Å². The molecule has 0 radical (unpaired) electrons. The maximum Gasteiger partial charge on any atom is 0.325 e. The van der Waals surface area contributed by atoms with Crippen molar-refractivity contribution < 1.29 is 18.3 Å². The highest BCUT2D eigenvalue weighted by molar-refractivity contribution is 9.10. The van der Waals surface area contributed by atoms with Crippen molar-refractivity contribution in [1.82, 2.24) is 0 Å². The van der Waals surface area contributed by atoms with Gasteiger partial charge in [-0.25, -0.2) is 8.42 Å². The Bertz CT molecular complexity index is 546. The van der Waals surface area contributed by atoms with E-state index in [-0.39, 0.29) is 17.7 Å². The van der Waals surface area contributed by atoms with Crippen molar-refractivity contribution in [2.75, 3.05) is 0 Å². The Balaban J connectivity index is 2.57. The van der Waals surface area contributed by atoms with Gasteiger partial charge in [0.2, 0.25) is 0 Å². The zero-order valence-corrected chi connectivity index (χ0v) is 10.6. The second-order valence-electron chi connectivity index (χ2n) is 3.73. The van der Waals surface area contributed by atoms with E-state index >= 15 is 0 Å². The number of aliphatic carboxylic acids is 1. The summed E-state index contributed by atoms with van der Waals surface area (Å²) in [5, 5.41) is 9.00. The standard InChI is InChI=1S/C10H9BrO4S/c11-7-3-1-2-4-8(7)16(14,15)10(5-6-10)9(12)13/h1-4H,5-6H2,(H,12,13). The first-order valence-corrected chi connectivity index (χ1v) is 6.92. The monoisotopic (exact) mass is 304 g/mol. The van der Waals surface area contributed by atoms with Crippen LogP contribution in [0.4, 0.5) is 0 Å². The fourth-order valence-electron chi connectivity index (χ4n) is 1.58. The summed E-state index contributed by atoms with van der Waals surface area (Å²) in [7, 11) is -3.80. The maximum absolute atomic E-state index is 12.2. The van der Waals surface area contributed by atoms with Crippen LogP contribution in [-0.2, 0) is 14.6 Å². The van der Waals surface area contributed by atoms with Gasteiger partial charge >= 0.3 is 5.97 Å². The Hall–Kier alpha value is -0.880. The van der Waals surface area contributed by atoms with Gasteiger partial charge in [0.15, 0.2) is 14.6 Å². The molecule has 0 heterocycles. The SMILES string of the molecule is O=C(O)C1(S(=O)(=O)c2ccccc2Br)CC1. The van der Waals surface area contributed by atoms with Crippen molar-refractivity contribution in [3.63, 3.8) is 0 Å². The summed E-state index contributed by atoms with van der Waals surface area (Å²) in [5.74, 6) is -1.26. The van der Waals surface area contributed by atoms with Gasteiger partial charge in [-0.2, -0.15) is 0 Å². The molecule has 1 N–H and O–H groups in total. The number of sulfone groups is 1. The summed E-state index contributed by atoms with van der Waals surface area (Å²) < 4.78 is 23.1. The van der Waals surface area contributed by atoms with E-state index in [2.05, 4.69) is 15.9 Å². The minimum Gasteiger partial charge on any atom is -0.480 e. The lowest BCUT2D eigenvalue weighted by Crippen LogP contribution is -2.32. The third-order valence-corrected chi connectivity index (χ3v) is 6.24. The molecule has 1 aromatic carbocycles. The van der Waals surface area contributed by atoms with Crippen molar-refractivity contribution >= 4 is 31.7 Å². The molecule has 0 bridgehead atoms. The van der Waals surface area contributed by atoms with Crippen LogP contribution in [0.25, 0.3) is 0 Å². The van der Waals surface area contributed by atoms with Crippen LogP contribution in [0.5, 0.6) is 0 Å². The van der Waals surface area contributed by atoms with Gasteiger partial charge in [-0.15, -0.1) is 0 Å². The van der Waals surface area contributed by atoms with Crippen molar-refractivity contribution in [3.05, 3.63) is 28.7 Å². The van der Waals surface area contributed by atoms with E-state index in [9.17, 15) is 13.2 Å². The van der Waals surface area contributed by atoms with Gasteiger partial charge in [-0.3, -0.25) is 4.79 Å². The lowest BCUT2D eigenvalue weighted by molar-refractivity contribution is -0.137. The Morgan fingerprint density at radius 1 is 1.31 bits per heavy atom. The van der Waals surface area contributed by atoms with E-state index in [0.717, 1.165) is 0 Å². The number of hydrogen-bond acceptors (Lipinski definition) is 3. The third kappa shape index (κ3) is 1.48. The molecule has 1 aromatic rings. The number of carbonyl (C=O) groups is 1. The van der Waals surface area contributed by atoms with Crippen molar-refractivity contribution in [2.45, 2.75) is 22.5 Å². The van der Waals surface area contributed by atoms with E-state index < -0.39 is 20.6 Å². The molecule has 1 saturated carbocycles. The van der Waals surface area contributed by atoms with Crippen molar-refractivity contribution in [3.8, 4) is 0 Å². The first kappa shape index (κ1) is 11.6.